The number of fused-ring (bicyclic) bond motifs is 2. The maximum atomic E-state index is 13.4. The molecule has 0 unspecified atom stereocenters. The minimum atomic E-state index is -0.265. The van der Waals surface area contributed by atoms with Crippen LogP contribution in [0.1, 0.15) is 5.69 Å². The van der Waals surface area contributed by atoms with Gasteiger partial charge < -0.3 is 4.74 Å². The van der Waals surface area contributed by atoms with Gasteiger partial charge in [-0.2, -0.15) is 10.2 Å². The summed E-state index contributed by atoms with van der Waals surface area (Å²) in [5, 5.41) is 12.7. The summed E-state index contributed by atoms with van der Waals surface area (Å²) in [6.45, 7) is 1.82. The van der Waals surface area contributed by atoms with Crippen LogP contribution in [0.15, 0.2) is 42.7 Å². The van der Waals surface area contributed by atoms with Gasteiger partial charge in [0.25, 0.3) is 0 Å². The van der Waals surface area contributed by atoms with E-state index in [9.17, 15) is 4.39 Å². The Bertz CT molecular complexity index is 1070. The van der Waals surface area contributed by atoms with Gasteiger partial charge in [0.15, 0.2) is 5.65 Å². The summed E-state index contributed by atoms with van der Waals surface area (Å²) in [7, 11) is 0. The quantitative estimate of drug-likeness (QED) is 0.611. The first-order chi connectivity index (χ1) is 12.3. The molecule has 5 rings (SSSR count). The summed E-state index contributed by atoms with van der Waals surface area (Å²) >= 11 is 0. The molecule has 4 heterocycles. The van der Waals surface area contributed by atoms with Crippen molar-refractivity contribution in [2.75, 3.05) is 6.61 Å². The van der Waals surface area contributed by atoms with Gasteiger partial charge in [-0.15, -0.1) is 0 Å². The van der Waals surface area contributed by atoms with E-state index in [4.69, 9.17) is 9.84 Å². The van der Waals surface area contributed by atoms with Crippen LogP contribution in [-0.2, 0) is 17.9 Å². The smallest absolute Gasteiger partial charge is 0.155 e. The number of aromatic nitrogens is 5. The van der Waals surface area contributed by atoms with Gasteiger partial charge in [0, 0.05) is 22.7 Å². The first kappa shape index (κ1) is 14.3. The fraction of sp³-hybridized carbons (Fsp3) is 0.167. The van der Waals surface area contributed by atoms with Crippen molar-refractivity contribution in [2.45, 2.75) is 13.2 Å². The maximum Gasteiger partial charge on any atom is 0.155 e. The molecule has 0 radical (unpaired) electrons. The van der Waals surface area contributed by atoms with Crippen LogP contribution in [0.5, 0.6) is 0 Å². The summed E-state index contributed by atoms with van der Waals surface area (Å²) < 4.78 is 21.0. The van der Waals surface area contributed by atoms with Crippen molar-refractivity contribution in [3.05, 3.63) is 54.2 Å². The van der Waals surface area contributed by atoms with Crippen LogP contribution in [0.2, 0.25) is 0 Å². The number of pyridine rings is 1. The van der Waals surface area contributed by atoms with Crippen molar-refractivity contribution in [1.29, 1.82) is 0 Å². The fourth-order valence-electron chi connectivity index (χ4n) is 3.31. The summed E-state index contributed by atoms with van der Waals surface area (Å²) in [4.78, 5) is 4.31. The third kappa shape index (κ3) is 2.24. The number of rotatable bonds is 2. The summed E-state index contributed by atoms with van der Waals surface area (Å²) in [6, 6.07) is 8.36. The van der Waals surface area contributed by atoms with E-state index in [0.29, 0.717) is 19.8 Å². The molecular formula is C18H14FN5O. The van der Waals surface area contributed by atoms with Crippen LogP contribution >= 0.6 is 0 Å². The number of nitrogens with one attached hydrogen (secondary N) is 1. The largest absolute Gasteiger partial charge is 0.373 e. The number of ether oxygens (including phenoxy) is 1. The molecule has 1 N–H and O–H groups in total. The Morgan fingerprint density at radius 3 is 2.92 bits per heavy atom. The lowest BCUT2D eigenvalue weighted by atomic mass is 9.97. The molecule has 6 nitrogen and oxygen atoms in total. The van der Waals surface area contributed by atoms with Crippen molar-refractivity contribution >= 4 is 11.0 Å². The molecular weight excluding hydrogens is 321 g/mol. The zero-order valence-corrected chi connectivity index (χ0v) is 13.2. The van der Waals surface area contributed by atoms with Gasteiger partial charge in [0.05, 0.1) is 31.6 Å². The maximum absolute atomic E-state index is 13.4. The number of hydrogen-bond donors (Lipinski definition) is 1. The second-order valence-corrected chi connectivity index (χ2v) is 5.94. The van der Waals surface area contributed by atoms with Crippen LogP contribution in [0, 0.1) is 5.82 Å². The molecule has 0 saturated heterocycles. The number of H-pyrrole nitrogens is 1. The molecule has 0 spiro atoms. The highest BCUT2D eigenvalue weighted by molar-refractivity contribution is 5.97. The lowest BCUT2D eigenvalue weighted by Crippen LogP contribution is -2.17. The lowest BCUT2D eigenvalue weighted by molar-refractivity contribution is 0.0805. The molecule has 0 aliphatic carbocycles. The number of hydrogen-bond acceptors (Lipinski definition) is 4. The van der Waals surface area contributed by atoms with Crippen LogP contribution in [0.3, 0.4) is 0 Å². The first-order valence-corrected chi connectivity index (χ1v) is 8.03. The van der Waals surface area contributed by atoms with E-state index in [1.807, 2.05) is 10.7 Å². The van der Waals surface area contributed by atoms with Crippen LogP contribution in [0.4, 0.5) is 4.39 Å². The van der Waals surface area contributed by atoms with E-state index in [2.05, 4.69) is 15.2 Å². The van der Waals surface area contributed by atoms with E-state index in [-0.39, 0.29) is 5.82 Å². The monoisotopic (exact) mass is 335 g/mol. The number of aromatic amines is 1. The normalized spacial score (nSPS) is 14.0. The van der Waals surface area contributed by atoms with E-state index in [0.717, 1.165) is 39.1 Å². The average Bonchev–Trinajstić information content (AvgIpc) is 3.26. The van der Waals surface area contributed by atoms with Gasteiger partial charge in [0.1, 0.15) is 11.5 Å². The fourth-order valence-corrected chi connectivity index (χ4v) is 3.31. The Morgan fingerprint density at radius 2 is 2.04 bits per heavy atom. The Balaban J connectivity index is 1.81. The van der Waals surface area contributed by atoms with Gasteiger partial charge in [-0.05, 0) is 35.9 Å². The molecule has 1 aliphatic heterocycles. The molecule has 7 heteroatoms. The van der Waals surface area contributed by atoms with E-state index < -0.39 is 0 Å². The third-order valence-corrected chi connectivity index (χ3v) is 4.49. The molecule has 1 aromatic carbocycles. The Labute approximate surface area is 142 Å². The predicted molar refractivity (Wildman–Crippen MR) is 90.2 cm³/mol. The zero-order valence-electron chi connectivity index (χ0n) is 13.2. The Hall–Kier alpha value is -3.06. The molecule has 0 fully saturated rings. The van der Waals surface area contributed by atoms with Gasteiger partial charge in [-0.1, -0.05) is 0 Å². The number of benzene rings is 1. The standard InChI is InChI=1S/C18H14FN5O/c19-12-3-1-11(2-4-12)17-16(15-10-25-8-7-24(15)23-17)13-5-6-20-18-14(13)9-21-22-18/h1-6,9H,7-8,10H2,(H,20,21,22). The molecule has 0 saturated carbocycles. The molecule has 0 amide bonds. The average molecular weight is 335 g/mol. The first-order valence-electron chi connectivity index (χ1n) is 8.03. The molecule has 124 valence electrons. The SMILES string of the molecule is Fc1ccc(-c2nn3c(c2-c2ccnc4[nH]ncc24)COCC3)cc1. The minimum Gasteiger partial charge on any atom is -0.373 e. The van der Waals surface area contributed by atoms with Crippen molar-refractivity contribution in [3.63, 3.8) is 0 Å². The third-order valence-electron chi connectivity index (χ3n) is 4.49. The summed E-state index contributed by atoms with van der Waals surface area (Å²) in [5.74, 6) is -0.265. The van der Waals surface area contributed by atoms with Gasteiger partial charge in [0.2, 0.25) is 0 Å². The van der Waals surface area contributed by atoms with Gasteiger partial charge >= 0.3 is 0 Å². The zero-order chi connectivity index (χ0) is 16.8. The highest BCUT2D eigenvalue weighted by Crippen LogP contribution is 2.38. The number of nitrogens with zero attached hydrogens (tertiary/aromatic N) is 4. The van der Waals surface area contributed by atoms with Crippen LogP contribution in [0.25, 0.3) is 33.4 Å². The number of halogens is 1. The lowest BCUT2D eigenvalue weighted by Gasteiger charge is -2.15. The van der Waals surface area contributed by atoms with Crippen LogP contribution < -0.4 is 0 Å². The highest BCUT2D eigenvalue weighted by Gasteiger charge is 2.24. The van der Waals surface area contributed by atoms with Crippen molar-refractivity contribution in [2.24, 2.45) is 0 Å². The second kappa shape index (κ2) is 5.49. The molecule has 3 aromatic heterocycles. The van der Waals surface area contributed by atoms with Gasteiger partial charge in [-0.3, -0.25) is 9.78 Å². The molecule has 0 atom stereocenters. The van der Waals surface area contributed by atoms with Gasteiger partial charge in [-0.25, -0.2) is 9.37 Å². The minimum absolute atomic E-state index is 0.265. The highest BCUT2D eigenvalue weighted by atomic mass is 19.1. The second-order valence-electron chi connectivity index (χ2n) is 5.94. The predicted octanol–water partition coefficient (Wildman–Crippen LogP) is 3.16. The Morgan fingerprint density at radius 1 is 1.16 bits per heavy atom. The van der Waals surface area contributed by atoms with Crippen molar-refractivity contribution in [3.8, 4) is 22.4 Å². The Kier molecular flexibility index (Phi) is 3.14. The molecule has 1 aliphatic rings. The van der Waals surface area contributed by atoms with E-state index in [1.165, 1.54) is 12.1 Å². The molecule has 4 aromatic rings. The van der Waals surface area contributed by atoms with E-state index in [1.54, 1.807) is 24.5 Å². The summed E-state index contributed by atoms with van der Waals surface area (Å²) in [5.41, 5.74) is 5.39. The van der Waals surface area contributed by atoms with E-state index >= 15 is 0 Å². The van der Waals surface area contributed by atoms with Crippen molar-refractivity contribution in [1.82, 2.24) is 25.0 Å². The topological polar surface area (TPSA) is 68.6 Å². The molecule has 25 heavy (non-hydrogen) atoms. The van der Waals surface area contributed by atoms with Crippen molar-refractivity contribution < 1.29 is 9.13 Å². The molecule has 0 bridgehead atoms. The van der Waals surface area contributed by atoms with Crippen LogP contribution in [-0.4, -0.2) is 31.6 Å². The summed E-state index contributed by atoms with van der Waals surface area (Å²) in [6.07, 6.45) is 3.51.